The number of anilines is 1. The van der Waals surface area contributed by atoms with E-state index in [4.69, 9.17) is 0 Å². The number of hydrogen-bond donors (Lipinski definition) is 2. The van der Waals surface area contributed by atoms with Crippen molar-refractivity contribution in [1.29, 1.82) is 0 Å². The van der Waals surface area contributed by atoms with Crippen LogP contribution in [0.15, 0.2) is 18.5 Å². The Labute approximate surface area is 120 Å². The Morgan fingerprint density at radius 2 is 2.05 bits per heavy atom. The van der Waals surface area contributed by atoms with Gasteiger partial charge in [-0.15, -0.1) is 0 Å². The van der Waals surface area contributed by atoms with Gasteiger partial charge < -0.3 is 15.1 Å². The SMILES string of the molecule is CC[C@@H](C)NC(=O)C[NH+]1CCN(c2ncccn2)CC1. The molecule has 0 aliphatic carbocycles. The molecule has 0 aromatic carbocycles. The first-order chi connectivity index (χ1) is 9.69. The largest absolute Gasteiger partial charge is 0.349 e. The lowest BCUT2D eigenvalue weighted by atomic mass is 10.2. The second kappa shape index (κ2) is 7.19. The number of quaternary nitrogens is 1. The Morgan fingerprint density at radius 3 is 2.65 bits per heavy atom. The van der Waals surface area contributed by atoms with E-state index in [9.17, 15) is 4.79 Å². The molecular weight excluding hydrogens is 254 g/mol. The smallest absolute Gasteiger partial charge is 0.275 e. The van der Waals surface area contributed by atoms with E-state index in [-0.39, 0.29) is 11.9 Å². The van der Waals surface area contributed by atoms with Crippen LogP contribution < -0.4 is 15.1 Å². The first-order valence-electron chi connectivity index (χ1n) is 7.34. The Bertz CT molecular complexity index is 417. The third-order valence-electron chi connectivity index (χ3n) is 3.74. The van der Waals surface area contributed by atoms with Crippen molar-refractivity contribution >= 4 is 11.9 Å². The van der Waals surface area contributed by atoms with Crippen molar-refractivity contribution in [2.75, 3.05) is 37.6 Å². The standard InChI is InChI=1S/C14H23N5O/c1-3-12(2)17-13(20)11-18-7-9-19(10-8-18)14-15-5-4-6-16-14/h4-6,12H,3,7-11H2,1-2H3,(H,17,20)/p+1/t12-/m1/s1. The maximum atomic E-state index is 11.9. The van der Waals surface area contributed by atoms with Crippen molar-refractivity contribution in [3.63, 3.8) is 0 Å². The minimum atomic E-state index is 0.152. The fraction of sp³-hybridized carbons (Fsp3) is 0.643. The molecule has 1 atom stereocenters. The number of carbonyl (C=O) groups excluding carboxylic acids is 1. The van der Waals surface area contributed by atoms with E-state index < -0.39 is 0 Å². The van der Waals surface area contributed by atoms with Gasteiger partial charge in [-0.25, -0.2) is 9.97 Å². The number of amides is 1. The van der Waals surface area contributed by atoms with Crippen LogP contribution in [0.25, 0.3) is 0 Å². The van der Waals surface area contributed by atoms with Gasteiger partial charge in [0.15, 0.2) is 6.54 Å². The fourth-order valence-corrected chi connectivity index (χ4v) is 2.31. The first-order valence-corrected chi connectivity index (χ1v) is 7.34. The fourth-order valence-electron chi connectivity index (χ4n) is 2.31. The van der Waals surface area contributed by atoms with E-state index >= 15 is 0 Å². The number of aromatic nitrogens is 2. The molecule has 1 aliphatic heterocycles. The van der Waals surface area contributed by atoms with Crippen molar-refractivity contribution < 1.29 is 9.69 Å². The summed E-state index contributed by atoms with van der Waals surface area (Å²) in [6.45, 7) is 8.38. The summed E-state index contributed by atoms with van der Waals surface area (Å²) in [6, 6.07) is 2.09. The maximum absolute atomic E-state index is 11.9. The Kier molecular flexibility index (Phi) is 5.29. The molecule has 1 aromatic heterocycles. The highest BCUT2D eigenvalue weighted by molar-refractivity contribution is 5.77. The molecule has 1 saturated heterocycles. The van der Waals surface area contributed by atoms with Crippen molar-refractivity contribution in [2.24, 2.45) is 0 Å². The van der Waals surface area contributed by atoms with E-state index in [0.717, 1.165) is 38.5 Å². The molecule has 2 rings (SSSR count). The summed E-state index contributed by atoms with van der Waals surface area (Å²) in [7, 11) is 0. The van der Waals surface area contributed by atoms with Crippen LogP contribution >= 0.6 is 0 Å². The van der Waals surface area contributed by atoms with Crippen molar-refractivity contribution in [1.82, 2.24) is 15.3 Å². The van der Waals surface area contributed by atoms with Crippen LogP contribution in [0, 0.1) is 0 Å². The normalized spacial score (nSPS) is 17.8. The van der Waals surface area contributed by atoms with E-state index in [1.807, 2.05) is 13.0 Å². The molecule has 6 nitrogen and oxygen atoms in total. The van der Waals surface area contributed by atoms with E-state index in [1.54, 1.807) is 12.4 Å². The molecule has 110 valence electrons. The van der Waals surface area contributed by atoms with Gasteiger partial charge in [-0.05, 0) is 19.4 Å². The molecule has 0 unspecified atom stereocenters. The number of nitrogens with one attached hydrogen (secondary N) is 2. The van der Waals surface area contributed by atoms with Gasteiger partial charge in [-0.3, -0.25) is 4.79 Å². The Balaban J connectivity index is 1.76. The summed E-state index contributed by atoms with van der Waals surface area (Å²) >= 11 is 0. The van der Waals surface area contributed by atoms with Crippen LogP contribution in [-0.4, -0.2) is 54.6 Å². The molecule has 6 heteroatoms. The summed E-state index contributed by atoms with van der Waals surface area (Å²) in [6.07, 6.45) is 4.50. The molecule has 1 fully saturated rings. The second-order valence-corrected chi connectivity index (χ2v) is 5.34. The van der Waals surface area contributed by atoms with Crippen molar-refractivity contribution in [3.05, 3.63) is 18.5 Å². The lowest BCUT2D eigenvalue weighted by molar-refractivity contribution is -0.892. The van der Waals surface area contributed by atoms with E-state index in [1.165, 1.54) is 4.90 Å². The highest BCUT2D eigenvalue weighted by Gasteiger charge is 2.23. The topological polar surface area (TPSA) is 62.6 Å². The molecule has 2 N–H and O–H groups in total. The highest BCUT2D eigenvalue weighted by Crippen LogP contribution is 2.03. The molecule has 1 amide bonds. The Morgan fingerprint density at radius 1 is 1.40 bits per heavy atom. The molecular formula is C14H24N5O+. The molecule has 20 heavy (non-hydrogen) atoms. The van der Waals surface area contributed by atoms with Crippen LogP contribution in [0.5, 0.6) is 0 Å². The third kappa shape index (κ3) is 4.16. The van der Waals surface area contributed by atoms with Gasteiger partial charge >= 0.3 is 0 Å². The number of carbonyl (C=O) groups is 1. The minimum Gasteiger partial charge on any atom is -0.349 e. The summed E-state index contributed by atoms with van der Waals surface area (Å²) < 4.78 is 0. The zero-order valence-corrected chi connectivity index (χ0v) is 12.3. The van der Waals surface area contributed by atoms with Gasteiger partial charge in [0.05, 0.1) is 26.2 Å². The number of piperazine rings is 1. The molecule has 1 aromatic rings. The molecule has 0 radical (unpaired) electrons. The monoisotopic (exact) mass is 278 g/mol. The van der Waals surface area contributed by atoms with Gasteiger partial charge in [0.1, 0.15) is 0 Å². The molecule has 0 bridgehead atoms. The lowest BCUT2D eigenvalue weighted by Gasteiger charge is -2.31. The van der Waals surface area contributed by atoms with Gasteiger partial charge in [-0.1, -0.05) is 6.92 Å². The van der Waals surface area contributed by atoms with Crippen molar-refractivity contribution in [3.8, 4) is 0 Å². The average Bonchev–Trinajstić information content (AvgIpc) is 2.48. The zero-order chi connectivity index (χ0) is 14.4. The van der Waals surface area contributed by atoms with E-state index in [0.29, 0.717) is 6.54 Å². The van der Waals surface area contributed by atoms with Crippen LogP contribution in [0.1, 0.15) is 20.3 Å². The van der Waals surface area contributed by atoms with Gasteiger partial charge in [-0.2, -0.15) is 0 Å². The van der Waals surface area contributed by atoms with Crippen molar-refractivity contribution in [2.45, 2.75) is 26.3 Å². The predicted molar refractivity (Wildman–Crippen MR) is 77.7 cm³/mol. The van der Waals surface area contributed by atoms with Gasteiger partial charge in [0, 0.05) is 18.4 Å². The van der Waals surface area contributed by atoms with Crippen LogP contribution in [0.3, 0.4) is 0 Å². The van der Waals surface area contributed by atoms with Crippen LogP contribution in [0.2, 0.25) is 0 Å². The van der Waals surface area contributed by atoms with Gasteiger partial charge in [0.2, 0.25) is 5.95 Å². The maximum Gasteiger partial charge on any atom is 0.275 e. The summed E-state index contributed by atoms with van der Waals surface area (Å²) in [5.74, 6) is 0.939. The first kappa shape index (κ1) is 14.7. The van der Waals surface area contributed by atoms with E-state index in [2.05, 4.69) is 27.1 Å². The van der Waals surface area contributed by atoms with Crippen LogP contribution in [-0.2, 0) is 4.79 Å². The molecule has 2 heterocycles. The predicted octanol–water partition coefficient (Wildman–Crippen LogP) is -0.904. The quantitative estimate of drug-likeness (QED) is 0.732. The number of nitrogens with zero attached hydrogens (tertiary/aromatic N) is 3. The Hall–Kier alpha value is -1.69. The summed E-state index contributed by atoms with van der Waals surface area (Å²) in [5, 5.41) is 3.02. The number of hydrogen-bond acceptors (Lipinski definition) is 4. The zero-order valence-electron chi connectivity index (χ0n) is 12.3. The summed E-state index contributed by atoms with van der Waals surface area (Å²) in [5.41, 5.74) is 0. The molecule has 1 aliphatic rings. The number of rotatable bonds is 5. The van der Waals surface area contributed by atoms with Gasteiger partial charge in [0.25, 0.3) is 5.91 Å². The molecule has 0 saturated carbocycles. The molecule has 0 spiro atoms. The summed E-state index contributed by atoms with van der Waals surface area (Å²) in [4.78, 5) is 23.9. The average molecular weight is 278 g/mol. The minimum absolute atomic E-state index is 0.152. The highest BCUT2D eigenvalue weighted by atomic mass is 16.2. The van der Waals surface area contributed by atoms with Crippen LogP contribution in [0.4, 0.5) is 5.95 Å². The third-order valence-corrected chi connectivity index (χ3v) is 3.74. The second-order valence-electron chi connectivity index (χ2n) is 5.34. The lowest BCUT2D eigenvalue weighted by Crippen LogP contribution is -3.16.